The van der Waals surface area contributed by atoms with E-state index < -0.39 is 0 Å². The van der Waals surface area contributed by atoms with Crippen LogP contribution in [0.2, 0.25) is 0 Å². The second-order valence-corrected chi connectivity index (χ2v) is 5.54. The summed E-state index contributed by atoms with van der Waals surface area (Å²) in [6.45, 7) is 3.04. The fourth-order valence-corrected chi connectivity index (χ4v) is 2.27. The van der Waals surface area contributed by atoms with Crippen LogP contribution >= 0.6 is 0 Å². The molecule has 1 heterocycles. The van der Waals surface area contributed by atoms with E-state index in [1.807, 2.05) is 36.0 Å². The van der Waals surface area contributed by atoms with Crippen LogP contribution in [-0.2, 0) is 24.9 Å². The number of nitrogens with one attached hydrogen (secondary N) is 2. The van der Waals surface area contributed by atoms with Gasteiger partial charge in [0.05, 0.1) is 18.8 Å². The van der Waals surface area contributed by atoms with Gasteiger partial charge in [-0.1, -0.05) is 30.3 Å². The van der Waals surface area contributed by atoms with Crippen molar-refractivity contribution in [2.75, 3.05) is 20.2 Å². The molecule has 0 aliphatic carbocycles. The Balaban J connectivity index is 1.52. The van der Waals surface area contributed by atoms with Crippen molar-refractivity contribution in [1.29, 1.82) is 0 Å². The summed E-state index contributed by atoms with van der Waals surface area (Å²) in [6, 6.07) is 12.2. The molecule has 0 atom stereocenters. The van der Waals surface area contributed by atoms with Crippen LogP contribution < -0.4 is 10.6 Å². The van der Waals surface area contributed by atoms with Crippen molar-refractivity contribution in [3.8, 4) is 0 Å². The Morgan fingerprint density at radius 1 is 1.17 bits per heavy atom. The molecule has 0 saturated carbocycles. The Hall–Kier alpha value is -2.34. The Bertz CT molecular complexity index is 609. The first-order valence-electron chi connectivity index (χ1n) is 8.32. The average molecular weight is 329 g/mol. The number of nitrogens with zero attached hydrogens (tertiary/aromatic N) is 3. The van der Waals surface area contributed by atoms with Crippen LogP contribution in [0.3, 0.4) is 0 Å². The molecule has 0 fully saturated rings. The third kappa shape index (κ3) is 6.42. The Morgan fingerprint density at radius 3 is 2.71 bits per heavy atom. The molecule has 2 N–H and O–H groups in total. The summed E-state index contributed by atoms with van der Waals surface area (Å²) < 4.78 is 7.53. The van der Waals surface area contributed by atoms with Crippen LogP contribution in [0.15, 0.2) is 47.6 Å². The van der Waals surface area contributed by atoms with Crippen molar-refractivity contribution in [2.45, 2.75) is 26.0 Å². The summed E-state index contributed by atoms with van der Waals surface area (Å²) in [7, 11) is 3.71. The molecule has 2 aromatic rings. The van der Waals surface area contributed by atoms with Crippen molar-refractivity contribution in [1.82, 2.24) is 20.4 Å². The molecule has 0 aliphatic rings. The summed E-state index contributed by atoms with van der Waals surface area (Å²) in [6.07, 6.45) is 3.86. The first-order chi connectivity index (χ1) is 11.8. The molecule has 0 unspecified atom stereocenters. The van der Waals surface area contributed by atoms with E-state index in [0.29, 0.717) is 13.2 Å². The summed E-state index contributed by atoms with van der Waals surface area (Å²) >= 11 is 0. The maximum atomic E-state index is 5.68. The van der Waals surface area contributed by atoms with E-state index in [9.17, 15) is 0 Å². The summed E-state index contributed by atoms with van der Waals surface area (Å²) in [5, 5.41) is 10.7. The number of unbranched alkanes of at least 4 members (excludes halogenated alkanes) is 1. The van der Waals surface area contributed by atoms with Gasteiger partial charge in [0, 0.05) is 33.4 Å². The molecular weight excluding hydrogens is 302 g/mol. The molecule has 1 aromatic heterocycles. The van der Waals surface area contributed by atoms with Gasteiger partial charge >= 0.3 is 0 Å². The highest BCUT2D eigenvalue weighted by Gasteiger charge is 2.01. The van der Waals surface area contributed by atoms with Crippen LogP contribution in [-0.4, -0.2) is 35.9 Å². The first kappa shape index (κ1) is 18.0. The molecular formula is C18H27N5O. The topological polar surface area (TPSA) is 63.5 Å². The van der Waals surface area contributed by atoms with Crippen molar-refractivity contribution in [2.24, 2.45) is 12.0 Å². The molecule has 1 aromatic carbocycles. The van der Waals surface area contributed by atoms with E-state index in [1.165, 1.54) is 5.56 Å². The maximum Gasteiger partial charge on any atom is 0.191 e. The van der Waals surface area contributed by atoms with E-state index in [4.69, 9.17) is 4.74 Å². The van der Waals surface area contributed by atoms with Crippen molar-refractivity contribution >= 4 is 5.96 Å². The van der Waals surface area contributed by atoms with Crippen molar-refractivity contribution in [3.05, 3.63) is 53.9 Å². The quantitative estimate of drug-likeness (QED) is 0.420. The number of rotatable bonds is 9. The van der Waals surface area contributed by atoms with Crippen LogP contribution in [0.25, 0.3) is 0 Å². The molecule has 2 rings (SSSR count). The summed E-state index contributed by atoms with van der Waals surface area (Å²) in [4.78, 5) is 4.22. The van der Waals surface area contributed by atoms with Gasteiger partial charge in [0.15, 0.2) is 5.96 Å². The maximum absolute atomic E-state index is 5.68. The molecule has 0 spiro atoms. The number of guanidine groups is 1. The standard InChI is InChI=1S/C18H27N5O/c1-19-18(21-14-17-10-12-22-23(17)2)20-11-6-7-13-24-15-16-8-4-3-5-9-16/h3-5,8-10,12H,6-7,11,13-15H2,1-2H3,(H2,19,20,21). The average Bonchev–Trinajstić information content (AvgIpc) is 3.02. The van der Waals surface area contributed by atoms with Gasteiger partial charge in [-0.15, -0.1) is 0 Å². The van der Waals surface area contributed by atoms with E-state index in [2.05, 4.69) is 32.9 Å². The number of aryl methyl sites for hydroxylation is 1. The SMILES string of the molecule is CN=C(NCCCCOCc1ccccc1)NCc1ccnn1C. The van der Waals surface area contributed by atoms with Crippen LogP contribution in [0.4, 0.5) is 0 Å². The summed E-state index contributed by atoms with van der Waals surface area (Å²) in [5.74, 6) is 0.807. The van der Waals surface area contributed by atoms with Gasteiger partial charge in [-0.3, -0.25) is 9.67 Å². The van der Waals surface area contributed by atoms with Crippen LogP contribution in [0, 0.1) is 0 Å². The third-order valence-corrected chi connectivity index (χ3v) is 3.70. The lowest BCUT2D eigenvalue weighted by Crippen LogP contribution is -2.37. The molecule has 0 radical (unpaired) electrons. The van der Waals surface area contributed by atoms with Crippen molar-refractivity contribution < 1.29 is 4.74 Å². The number of ether oxygens (including phenoxy) is 1. The van der Waals surface area contributed by atoms with Gasteiger partial charge in [0.25, 0.3) is 0 Å². The highest BCUT2D eigenvalue weighted by Crippen LogP contribution is 2.01. The van der Waals surface area contributed by atoms with Crippen LogP contribution in [0.1, 0.15) is 24.1 Å². The minimum atomic E-state index is 0.683. The second-order valence-electron chi connectivity index (χ2n) is 5.54. The highest BCUT2D eigenvalue weighted by atomic mass is 16.5. The number of aromatic nitrogens is 2. The van der Waals surface area contributed by atoms with E-state index in [1.54, 1.807) is 13.2 Å². The van der Waals surface area contributed by atoms with Crippen molar-refractivity contribution in [3.63, 3.8) is 0 Å². The lowest BCUT2D eigenvalue weighted by atomic mass is 10.2. The first-order valence-corrected chi connectivity index (χ1v) is 8.32. The molecule has 0 amide bonds. The Morgan fingerprint density at radius 2 is 2.00 bits per heavy atom. The zero-order valence-corrected chi connectivity index (χ0v) is 14.5. The number of hydrogen-bond acceptors (Lipinski definition) is 3. The molecule has 0 bridgehead atoms. The van der Waals surface area contributed by atoms with Gasteiger partial charge in [0.1, 0.15) is 0 Å². The fraction of sp³-hybridized carbons (Fsp3) is 0.444. The fourth-order valence-electron chi connectivity index (χ4n) is 2.27. The van der Waals surface area contributed by atoms with E-state index in [-0.39, 0.29) is 0 Å². The van der Waals surface area contributed by atoms with Gasteiger partial charge in [0.2, 0.25) is 0 Å². The van der Waals surface area contributed by atoms with Crippen LogP contribution in [0.5, 0.6) is 0 Å². The molecule has 6 heteroatoms. The zero-order chi connectivity index (χ0) is 17.0. The normalized spacial score (nSPS) is 11.5. The van der Waals surface area contributed by atoms with E-state index >= 15 is 0 Å². The van der Waals surface area contributed by atoms with Gasteiger partial charge in [-0.25, -0.2) is 0 Å². The zero-order valence-electron chi connectivity index (χ0n) is 14.5. The lowest BCUT2D eigenvalue weighted by molar-refractivity contribution is 0.117. The number of benzene rings is 1. The van der Waals surface area contributed by atoms with Gasteiger partial charge in [-0.2, -0.15) is 5.10 Å². The molecule has 6 nitrogen and oxygen atoms in total. The molecule has 130 valence electrons. The van der Waals surface area contributed by atoms with E-state index in [0.717, 1.165) is 37.6 Å². The summed E-state index contributed by atoms with van der Waals surface area (Å²) in [5.41, 5.74) is 2.34. The minimum absolute atomic E-state index is 0.683. The monoisotopic (exact) mass is 329 g/mol. The molecule has 24 heavy (non-hydrogen) atoms. The van der Waals surface area contributed by atoms with Gasteiger partial charge < -0.3 is 15.4 Å². The second kappa shape index (κ2) is 10.4. The Kier molecular flexibility index (Phi) is 7.83. The third-order valence-electron chi connectivity index (χ3n) is 3.70. The largest absolute Gasteiger partial charge is 0.377 e. The Labute approximate surface area is 143 Å². The predicted molar refractivity (Wildman–Crippen MR) is 96.7 cm³/mol. The molecule has 0 saturated heterocycles. The predicted octanol–water partition coefficient (Wildman–Crippen LogP) is 2.08. The lowest BCUT2D eigenvalue weighted by Gasteiger charge is -2.12. The number of hydrogen-bond donors (Lipinski definition) is 2. The molecule has 0 aliphatic heterocycles. The number of aliphatic imine (C=N–C) groups is 1. The smallest absolute Gasteiger partial charge is 0.191 e. The highest BCUT2D eigenvalue weighted by molar-refractivity contribution is 5.79. The van der Waals surface area contributed by atoms with Gasteiger partial charge in [-0.05, 0) is 24.5 Å². The minimum Gasteiger partial charge on any atom is -0.377 e.